The lowest BCUT2D eigenvalue weighted by molar-refractivity contribution is -0.0975. The summed E-state index contributed by atoms with van der Waals surface area (Å²) in [5.41, 5.74) is 7.57. The van der Waals surface area contributed by atoms with Crippen LogP contribution in [0.4, 0.5) is 0 Å². The Bertz CT molecular complexity index is 377. The highest BCUT2D eigenvalue weighted by Gasteiger charge is 2.48. The highest BCUT2D eigenvalue weighted by atomic mass is 16.5. The number of benzene rings is 1. The maximum atomic E-state index is 6.18. The zero-order valence-corrected chi connectivity index (χ0v) is 11.5. The molecule has 3 nitrogen and oxygen atoms in total. The summed E-state index contributed by atoms with van der Waals surface area (Å²) < 4.78 is 5.45. The highest BCUT2D eigenvalue weighted by molar-refractivity contribution is 5.19. The standard InChI is InChI=1S/C15H24N2O/c1-15(2)13(9-14(15)18-3)17-10-12(16)11-7-5-4-6-8-11/h4-8,12-14,17H,9-10,16H2,1-3H3. The molecule has 1 aliphatic carbocycles. The van der Waals surface area contributed by atoms with Gasteiger partial charge in [-0.3, -0.25) is 0 Å². The second-order valence-electron chi connectivity index (χ2n) is 5.76. The number of methoxy groups -OCH3 is 1. The Labute approximate surface area is 110 Å². The topological polar surface area (TPSA) is 47.3 Å². The number of ether oxygens (including phenoxy) is 1. The first-order valence-electron chi connectivity index (χ1n) is 6.62. The lowest BCUT2D eigenvalue weighted by Gasteiger charge is -2.51. The van der Waals surface area contributed by atoms with Gasteiger partial charge in [-0.15, -0.1) is 0 Å². The van der Waals surface area contributed by atoms with Gasteiger partial charge in [-0.2, -0.15) is 0 Å². The van der Waals surface area contributed by atoms with Crippen molar-refractivity contribution in [2.45, 2.75) is 38.5 Å². The van der Waals surface area contributed by atoms with E-state index in [0.29, 0.717) is 12.1 Å². The average molecular weight is 248 g/mol. The molecule has 100 valence electrons. The third-order valence-electron chi connectivity index (χ3n) is 4.27. The van der Waals surface area contributed by atoms with E-state index in [1.54, 1.807) is 7.11 Å². The first kappa shape index (κ1) is 13.5. The number of nitrogens with two attached hydrogens (primary N) is 1. The van der Waals surface area contributed by atoms with E-state index in [9.17, 15) is 0 Å². The van der Waals surface area contributed by atoms with Crippen LogP contribution in [-0.4, -0.2) is 25.8 Å². The van der Waals surface area contributed by atoms with E-state index in [-0.39, 0.29) is 11.5 Å². The molecule has 2 rings (SSSR count). The van der Waals surface area contributed by atoms with Crippen molar-refractivity contribution in [3.05, 3.63) is 35.9 Å². The molecule has 0 saturated heterocycles. The van der Waals surface area contributed by atoms with Crippen molar-refractivity contribution < 1.29 is 4.74 Å². The molecule has 3 N–H and O–H groups in total. The van der Waals surface area contributed by atoms with Crippen LogP contribution in [0, 0.1) is 5.41 Å². The van der Waals surface area contributed by atoms with Crippen LogP contribution in [0.15, 0.2) is 30.3 Å². The van der Waals surface area contributed by atoms with Crippen LogP contribution in [0.3, 0.4) is 0 Å². The minimum absolute atomic E-state index is 0.0589. The zero-order valence-electron chi connectivity index (χ0n) is 11.5. The van der Waals surface area contributed by atoms with Crippen molar-refractivity contribution in [2.24, 2.45) is 11.1 Å². The van der Waals surface area contributed by atoms with Crippen molar-refractivity contribution >= 4 is 0 Å². The number of hydrogen-bond acceptors (Lipinski definition) is 3. The van der Waals surface area contributed by atoms with Gasteiger partial charge in [0, 0.05) is 31.2 Å². The Balaban J connectivity index is 1.83. The maximum absolute atomic E-state index is 6.18. The quantitative estimate of drug-likeness (QED) is 0.839. The van der Waals surface area contributed by atoms with E-state index in [0.717, 1.165) is 13.0 Å². The molecule has 1 aliphatic rings. The molecule has 0 aromatic heterocycles. The minimum atomic E-state index is 0.0589. The first-order chi connectivity index (χ1) is 8.55. The van der Waals surface area contributed by atoms with Gasteiger partial charge in [0.25, 0.3) is 0 Å². The Morgan fingerprint density at radius 3 is 2.61 bits per heavy atom. The van der Waals surface area contributed by atoms with E-state index in [1.165, 1.54) is 5.56 Å². The Morgan fingerprint density at radius 1 is 1.39 bits per heavy atom. The lowest BCUT2D eigenvalue weighted by atomic mass is 9.64. The van der Waals surface area contributed by atoms with Gasteiger partial charge in [0.15, 0.2) is 0 Å². The summed E-state index contributed by atoms with van der Waals surface area (Å²) >= 11 is 0. The molecule has 0 bridgehead atoms. The van der Waals surface area contributed by atoms with Gasteiger partial charge < -0.3 is 15.8 Å². The van der Waals surface area contributed by atoms with Gasteiger partial charge in [-0.25, -0.2) is 0 Å². The fourth-order valence-electron chi connectivity index (χ4n) is 2.72. The first-order valence-corrected chi connectivity index (χ1v) is 6.62. The van der Waals surface area contributed by atoms with E-state index in [4.69, 9.17) is 10.5 Å². The Kier molecular flexibility index (Phi) is 4.05. The Hall–Kier alpha value is -0.900. The third kappa shape index (κ3) is 2.58. The van der Waals surface area contributed by atoms with Crippen LogP contribution >= 0.6 is 0 Å². The van der Waals surface area contributed by atoms with Crippen LogP contribution in [0.25, 0.3) is 0 Å². The summed E-state index contributed by atoms with van der Waals surface area (Å²) in [4.78, 5) is 0. The van der Waals surface area contributed by atoms with Gasteiger partial charge >= 0.3 is 0 Å². The van der Waals surface area contributed by atoms with Crippen molar-refractivity contribution in [3.63, 3.8) is 0 Å². The second-order valence-corrected chi connectivity index (χ2v) is 5.76. The van der Waals surface area contributed by atoms with E-state index in [2.05, 4.69) is 31.3 Å². The summed E-state index contributed by atoms with van der Waals surface area (Å²) in [6, 6.07) is 10.8. The molecule has 0 amide bonds. The molecular formula is C15H24N2O. The van der Waals surface area contributed by atoms with Crippen LogP contribution in [0.2, 0.25) is 0 Å². The second kappa shape index (κ2) is 5.39. The van der Waals surface area contributed by atoms with Gasteiger partial charge in [-0.1, -0.05) is 44.2 Å². The predicted molar refractivity (Wildman–Crippen MR) is 74.4 cm³/mol. The largest absolute Gasteiger partial charge is 0.381 e. The normalized spacial score (nSPS) is 27.6. The molecular weight excluding hydrogens is 224 g/mol. The molecule has 1 fully saturated rings. The summed E-state index contributed by atoms with van der Waals surface area (Å²) in [6.45, 7) is 5.31. The minimum Gasteiger partial charge on any atom is -0.381 e. The molecule has 0 aliphatic heterocycles. The Morgan fingerprint density at radius 2 is 2.06 bits per heavy atom. The van der Waals surface area contributed by atoms with Crippen LogP contribution < -0.4 is 11.1 Å². The fourth-order valence-corrected chi connectivity index (χ4v) is 2.72. The fraction of sp³-hybridized carbons (Fsp3) is 0.600. The van der Waals surface area contributed by atoms with Crippen LogP contribution in [0.5, 0.6) is 0 Å². The summed E-state index contributed by atoms with van der Waals surface area (Å²) in [6.07, 6.45) is 1.44. The monoisotopic (exact) mass is 248 g/mol. The summed E-state index contributed by atoms with van der Waals surface area (Å²) in [5.74, 6) is 0. The molecule has 0 radical (unpaired) electrons. The van der Waals surface area contributed by atoms with Gasteiger partial charge in [0.05, 0.1) is 6.10 Å². The number of nitrogens with one attached hydrogen (secondary N) is 1. The highest BCUT2D eigenvalue weighted by Crippen LogP contribution is 2.42. The van der Waals surface area contributed by atoms with E-state index in [1.807, 2.05) is 18.2 Å². The summed E-state index contributed by atoms with van der Waals surface area (Å²) in [5, 5.41) is 3.57. The lowest BCUT2D eigenvalue weighted by Crippen LogP contribution is -2.61. The number of hydrogen-bond donors (Lipinski definition) is 2. The van der Waals surface area contributed by atoms with Crippen molar-refractivity contribution in [1.29, 1.82) is 0 Å². The zero-order chi connectivity index (χ0) is 13.2. The SMILES string of the molecule is COC1CC(NCC(N)c2ccccc2)C1(C)C. The number of rotatable bonds is 5. The van der Waals surface area contributed by atoms with Crippen molar-refractivity contribution in [3.8, 4) is 0 Å². The van der Waals surface area contributed by atoms with Crippen molar-refractivity contribution in [2.75, 3.05) is 13.7 Å². The summed E-state index contributed by atoms with van der Waals surface area (Å²) in [7, 11) is 1.79. The predicted octanol–water partition coefficient (Wildman–Crippen LogP) is 2.09. The molecule has 1 saturated carbocycles. The van der Waals surface area contributed by atoms with Crippen LogP contribution in [0.1, 0.15) is 31.9 Å². The maximum Gasteiger partial charge on any atom is 0.0652 e. The van der Waals surface area contributed by atoms with Gasteiger partial charge in [-0.05, 0) is 12.0 Å². The average Bonchev–Trinajstić information content (AvgIpc) is 2.38. The molecule has 1 aromatic rings. The third-order valence-corrected chi connectivity index (χ3v) is 4.27. The molecule has 18 heavy (non-hydrogen) atoms. The van der Waals surface area contributed by atoms with E-state index >= 15 is 0 Å². The van der Waals surface area contributed by atoms with Crippen molar-refractivity contribution in [1.82, 2.24) is 5.32 Å². The van der Waals surface area contributed by atoms with Gasteiger partial charge in [0.1, 0.15) is 0 Å². The van der Waals surface area contributed by atoms with E-state index < -0.39 is 0 Å². The molecule has 0 spiro atoms. The molecule has 3 unspecified atom stereocenters. The smallest absolute Gasteiger partial charge is 0.0652 e. The van der Waals surface area contributed by atoms with Gasteiger partial charge in [0.2, 0.25) is 0 Å². The molecule has 3 atom stereocenters. The molecule has 1 aromatic carbocycles. The molecule has 0 heterocycles. The molecule has 3 heteroatoms. The van der Waals surface area contributed by atoms with Crippen LogP contribution in [-0.2, 0) is 4.74 Å².